The van der Waals surface area contributed by atoms with Gasteiger partial charge in [0.1, 0.15) is 6.54 Å². The summed E-state index contributed by atoms with van der Waals surface area (Å²) >= 11 is 0. The number of benzene rings is 1. The average Bonchev–Trinajstić information content (AvgIpc) is 2.25. The van der Waals surface area contributed by atoms with Crippen molar-refractivity contribution < 1.29 is 18.0 Å². The Labute approximate surface area is 97.0 Å². The molecule has 0 saturated carbocycles. The highest BCUT2D eigenvalue weighted by atomic mass is 19.4. The molecule has 0 atom stereocenters. The summed E-state index contributed by atoms with van der Waals surface area (Å²) < 4.78 is 35.9. The zero-order valence-electron chi connectivity index (χ0n) is 9.48. The predicted molar refractivity (Wildman–Crippen MR) is 59.1 cm³/mol. The van der Waals surface area contributed by atoms with Crippen LogP contribution in [-0.2, 0) is 0 Å². The maximum absolute atomic E-state index is 12.0. The van der Waals surface area contributed by atoms with Crippen LogP contribution < -0.4 is 10.6 Å². The number of anilines is 1. The highest BCUT2D eigenvalue weighted by Crippen LogP contribution is 2.18. The third kappa shape index (κ3) is 3.97. The SMILES string of the molecule is CNc1ccc(C)cc1C(=O)NCC(F)(F)F. The molecule has 0 unspecified atom stereocenters. The summed E-state index contributed by atoms with van der Waals surface area (Å²) in [5.74, 6) is -0.740. The van der Waals surface area contributed by atoms with Crippen molar-refractivity contribution in [3.8, 4) is 0 Å². The smallest absolute Gasteiger partial charge is 0.387 e. The van der Waals surface area contributed by atoms with Crippen molar-refractivity contribution in [1.82, 2.24) is 5.32 Å². The van der Waals surface area contributed by atoms with Crippen molar-refractivity contribution in [2.45, 2.75) is 13.1 Å². The van der Waals surface area contributed by atoms with Crippen LogP contribution in [0.4, 0.5) is 18.9 Å². The Kier molecular flexibility index (Phi) is 3.98. The summed E-state index contributed by atoms with van der Waals surface area (Å²) in [7, 11) is 1.60. The van der Waals surface area contributed by atoms with E-state index in [9.17, 15) is 18.0 Å². The van der Waals surface area contributed by atoms with Gasteiger partial charge in [-0.1, -0.05) is 11.6 Å². The summed E-state index contributed by atoms with van der Waals surface area (Å²) in [6.45, 7) is 0.433. The first-order chi connectivity index (χ1) is 7.83. The minimum atomic E-state index is -4.40. The molecule has 3 nitrogen and oxygen atoms in total. The molecule has 0 aromatic heterocycles. The molecule has 0 aliphatic carbocycles. The van der Waals surface area contributed by atoms with Gasteiger partial charge in [-0.2, -0.15) is 13.2 Å². The largest absolute Gasteiger partial charge is 0.405 e. The molecular formula is C11H13F3N2O. The number of halogens is 3. The van der Waals surface area contributed by atoms with Crippen molar-refractivity contribution in [2.24, 2.45) is 0 Å². The molecule has 0 aliphatic heterocycles. The molecule has 1 aromatic rings. The second kappa shape index (κ2) is 5.07. The molecule has 94 valence electrons. The molecule has 1 rings (SSSR count). The Bertz CT molecular complexity index is 416. The molecule has 1 aromatic carbocycles. The monoisotopic (exact) mass is 246 g/mol. The van der Waals surface area contributed by atoms with Gasteiger partial charge in [0.2, 0.25) is 0 Å². The normalized spacial score (nSPS) is 11.1. The molecule has 6 heteroatoms. The van der Waals surface area contributed by atoms with E-state index in [1.165, 1.54) is 6.07 Å². The number of carbonyl (C=O) groups excluding carboxylic acids is 1. The van der Waals surface area contributed by atoms with Gasteiger partial charge in [0.25, 0.3) is 5.91 Å². The van der Waals surface area contributed by atoms with E-state index in [-0.39, 0.29) is 5.56 Å². The van der Waals surface area contributed by atoms with Gasteiger partial charge < -0.3 is 10.6 Å². The molecule has 0 heterocycles. The highest BCUT2D eigenvalue weighted by molar-refractivity contribution is 5.99. The van der Waals surface area contributed by atoms with Crippen LogP contribution in [0.25, 0.3) is 0 Å². The van der Waals surface area contributed by atoms with Crippen molar-refractivity contribution in [1.29, 1.82) is 0 Å². The van der Waals surface area contributed by atoms with E-state index >= 15 is 0 Å². The predicted octanol–water partition coefficient (Wildman–Crippen LogP) is 2.33. The summed E-state index contributed by atoms with van der Waals surface area (Å²) in [5, 5.41) is 4.60. The zero-order valence-corrected chi connectivity index (χ0v) is 9.48. The van der Waals surface area contributed by atoms with Crippen LogP contribution in [0, 0.1) is 6.92 Å². The van der Waals surface area contributed by atoms with Crippen molar-refractivity contribution in [3.05, 3.63) is 29.3 Å². The number of aryl methyl sites for hydroxylation is 1. The molecule has 0 radical (unpaired) electrons. The quantitative estimate of drug-likeness (QED) is 0.859. The lowest BCUT2D eigenvalue weighted by atomic mass is 10.1. The lowest BCUT2D eigenvalue weighted by Gasteiger charge is -2.12. The molecule has 17 heavy (non-hydrogen) atoms. The minimum Gasteiger partial charge on any atom is -0.387 e. The van der Waals surface area contributed by atoms with Crippen molar-refractivity contribution in [3.63, 3.8) is 0 Å². The molecule has 0 saturated heterocycles. The number of nitrogens with one attached hydrogen (secondary N) is 2. The fourth-order valence-electron chi connectivity index (χ4n) is 1.34. The standard InChI is InChI=1S/C11H13F3N2O/c1-7-3-4-9(15-2)8(5-7)10(17)16-6-11(12,13)14/h3-5,15H,6H2,1-2H3,(H,16,17). The van der Waals surface area contributed by atoms with Gasteiger partial charge in [0.05, 0.1) is 5.56 Å². The molecule has 0 aliphatic rings. The van der Waals surface area contributed by atoms with Gasteiger partial charge >= 0.3 is 6.18 Å². The van der Waals surface area contributed by atoms with Gasteiger partial charge in [-0.05, 0) is 19.1 Å². The summed E-state index contributed by atoms with van der Waals surface area (Å²) in [5.41, 5.74) is 1.51. The van der Waals surface area contributed by atoms with Crippen LogP contribution in [0.5, 0.6) is 0 Å². The van der Waals surface area contributed by atoms with Crippen LogP contribution in [0.15, 0.2) is 18.2 Å². The van der Waals surface area contributed by atoms with E-state index in [0.717, 1.165) is 5.56 Å². The van der Waals surface area contributed by atoms with Crippen LogP contribution in [0.1, 0.15) is 15.9 Å². The molecule has 0 spiro atoms. The first-order valence-corrected chi connectivity index (χ1v) is 4.97. The van der Waals surface area contributed by atoms with Crippen LogP contribution in [0.2, 0.25) is 0 Å². The first kappa shape index (κ1) is 13.3. The summed E-state index contributed by atoms with van der Waals surface area (Å²) in [6.07, 6.45) is -4.40. The second-order valence-electron chi connectivity index (χ2n) is 3.60. The van der Waals surface area contributed by atoms with Gasteiger partial charge in [0.15, 0.2) is 0 Å². The maximum Gasteiger partial charge on any atom is 0.405 e. The third-order valence-electron chi connectivity index (χ3n) is 2.14. The van der Waals surface area contributed by atoms with E-state index in [1.54, 1.807) is 26.1 Å². The average molecular weight is 246 g/mol. The Morgan fingerprint density at radius 1 is 1.35 bits per heavy atom. The maximum atomic E-state index is 12.0. The number of hydrogen-bond acceptors (Lipinski definition) is 2. The number of alkyl halides is 3. The van der Waals surface area contributed by atoms with Gasteiger partial charge in [0, 0.05) is 12.7 Å². The van der Waals surface area contributed by atoms with E-state index < -0.39 is 18.6 Å². The van der Waals surface area contributed by atoms with Gasteiger partial charge in [-0.15, -0.1) is 0 Å². The highest BCUT2D eigenvalue weighted by Gasteiger charge is 2.28. The van der Waals surface area contributed by atoms with Crippen molar-refractivity contribution >= 4 is 11.6 Å². The van der Waals surface area contributed by atoms with E-state index in [1.807, 2.05) is 5.32 Å². The number of carbonyl (C=O) groups is 1. The van der Waals surface area contributed by atoms with Crippen molar-refractivity contribution in [2.75, 3.05) is 18.9 Å². The zero-order chi connectivity index (χ0) is 13.1. The molecular weight excluding hydrogens is 233 g/mol. The minimum absolute atomic E-state index is 0.205. The summed E-state index contributed by atoms with van der Waals surface area (Å²) in [4.78, 5) is 11.6. The fraction of sp³-hybridized carbons (Fsp3) is 0.364. The lowest BCUT2D eigenvalue weighted by molar-refractivity contribution is -0.123. The second-order valence-corrected chi connectivity index (χ2v) is 3.60. The Balaban J connectivity index is 2.84. The molecule has 0 fully saturated rings. The van der Waals surface area contributed by atoms with E-state index in [0.29, 0.717) is 5.69 Å². The topological polar surface area (TPSA) is 41.1 Å². The number of rotatable bonds is 3. The molecule has 0 bridgehead atoms. The van der Waals surface area contributed by atoms with Crippen LogP contribution in [-0.4, -0.2) is 25.7 Å². The number of hydrogen-bond donors (Lipinski definition) is 2. The summed E-state index contributed by atoms with van der Waals surface area (Å²) in [6, 6.07) is 4.96. The Morgan fingerprint density at radius 3 is 2.53 bits per heavy atom. The van der Waals surface area contributed by atoms with Gasteiger partial charge in [-0.25, -0.2) is 0 Å². The van der Waals surface area contributed by atoms with E-state index in [2.05, 4.69) is 5.32 Å². The fourth-order valence-corrected chi connectivity index (χ4v) is 1.34. The Hall–Kier alpha value is -1.72. The van der Waals surface area contributed by atoms with E-state index in [4.69, 9.17) is 0 Å². The van der Waals surface area contributed by atoms with Crippen LogP contribution >= 0.6 is 0 Å². The lowest BCUT2D eigenvalue weighted by Crippen LogP contribution is -2.34. The molecule has 2 N–H and O–H groups in total. The van der Waals surface area contributed by atoms with Crippen LogP contribution in [0.3, 0.4) is 0 Å². The van der Waals surface area contributed by atoms with Gasteiger partial charge in [-0.3, -0.25) is 4.79 Å². The number of amides is 1. The molecule has 1 amide bonds. The Morgan fingerprint density at radius 2 is 2.00 bits per heavy atom. The first-order valence-electron chi connectivity index (χ1n) is 4.97. The third-order valence-corrected chi connectivity index (χ3v) is 2.14.